The minimum absolute atomic E-state index is 0.132. The Morgan fingerprint density at radius 2 is 1.84 bits per heavy atom. The molecule has 0 amide bonds. The standard InChI is InChI=1S/C16H18N2S/c1-11-5-3-4-6-13(11)10-19-14-7-8-15(16(17)18)12(2)9-14/h3-9H,10H2,1-2H3,(H3,17,18). The monoisotopic (exact) mass is 270 g/mol. The molecule has 2 nitrogen and oxygen atoms in total. The Labute approximate surface area is 118 Å². The number of amidine groups is 1. The van der Waals surface area contributed by atoms with E-state index in [1.54, 1.807) is 0 Å². The number of benzene rings is 2. The van der Waals surface area contributed by atoms with Crippen molar-refractivity contribution < 1.29 is 0 Å². The van der Waals surface area contributed by atoms with Crippen molar-refractivity contribution in [3.8, 4) is 0 Å². The maximum atomic E-state index is 7.48. The quantitative estimate of drug-likeness (QED) is 0.503. The van der Waals surface area contributed by atoms with Crippen molar-refractivity contribution in [3.63, 3.8) is 0 Å². The molecule has 0 aliphatic carbocycles. The molecule has 2 aromatic carbocycles. The fourth-order valence-electron chi connectivity index (χ4n) is 1.96. The van der Waals surface area contributed by atoms with Crippen molar-refractivity contribution in [1.29, 1.82) is 5.41 Å². The smallest absolute Gasteiger partial charge is 0.123 e. The van der Waals surface area contributed by atoms with Crippen LogP contribution < -0.4 is 5.73 Å². The number of nitrogens with one attached hydrogen (secondary N) is 1. The Hall–Kier alpha value is -1.74. The zero-order valence-corrected chi connectivity index (χ0v) is 12.1. The predicted octanol–water partition coefficient (Wildman–Crippen LogP) is 3.88. The summed E-state index contributed by atoms with van der Waals surface area (Å²) in [4.78, 5) is 1.21. The Balaban J connectivity index is 2.11. The third-order valence-corrected chi connectivity index (χ3v) is 4.19. The molecule has 0 aliphatic rings. The van der Waals surface area contributed by atoms with Crippen LogP contribution in [0, 0.1) is 19.3 Å². The van der Waals surface area contributed by atoms with E-state index in [-0.39, 0.29) is 5.84 Å². The van der Waals surface area contributed by atoms with Crippen LogP contribution >= 0.6 is 11.8 Å². The molecular formula is C16H18N2S. The van der Waals surface area contributed by atoms with E-state index in [1.807, 2.05) is 30.8 Å². The molecule has 0 saturated heterocycles. The van der Waals surface area contributed by atoms with E-state index in [9.17, 15) is 0 Å². The molecule has 0 atom stereocenters. The number of hydrogen-bond donors (Lipinski definition) is 2. The number of hydrogen-bond acceptors (Lipinski definition) is 2. The van der Waals surface area contributed by atoms with E-state index < -0.39 is 0 Å². The first kappa shape index (κ1) is 13.7. The lowest BCUT2D eigenvalue weighted by atomic mass is 10.1. The maximum absolute atomic E-state index is 7.48. The average Bonchev–Trinajstić information content (AvgIpc) is 2.37. The number of rotatable bonds is 4. The summed E-state index contributed by atoms with van der Waals surface area (Å²) in [5, 5.41) is 7.48. The average molecular weight is 270 g/mol. The van der Waals surface area contributed by atoms with Crippen LogP contribution in [-0.2, 0) is 5.75 Å². The lowest BCUT2D eigenvalue weighted by molar-refractivity contribution is 1.28. The van der Waals surface area contributed by atoms with Crippen LogP contribution in [0.3, 0.4) is 0 Å². The van der Waals surface area contributed by atoms with Crippen LogP contribution in [0.5, 0.6) is 0 Å². The SMILES string of the molecule is Cc1ccccc1CSc1ccc(C(=N)N)c(C)c1. The van der Waals surface area contributed by atoms with Gasteiger partial charge in [-0.3, -0.25) is 5.41 Å². The van der Waals surface area contributed by atoms with Gasteiger partial charge in [-0.1, -0.05) is 24.3 Å². The second-order valence-electron chi connectivity index (χ2n) is 4.61. The number of nitrogen functional groups attached to an aromatic ring is 1. The van der Waals surface area contributed by atoms with Gasteiger partial charge in [0.05, 0.1) is 0 Å². The molecule has 0 unspecified atom stereocenters. The number of thioether (sulfide) groups is 1. The zero-order valence-electron chi connectivity index (χ0n) is 11.2. The van der Waals surface area contributed by atoms with Gasteiger partial charge in [0.15, 0.2) is 0 Å². The minimum Gasteiger partial charge on any atom is -0.384 e. The Kier molecular flexibility index (Phi) is 4.27. The predicted molar refractivity (Wildman–Crippen MR) is 82.9 cm³/mol. The van der Waals surface area contributed by atoms with Gasteiger partial charge in [0.2, 0.25) is 0 Å². The third-order valence-electron chi connectivity index (χ3n) is 3.14. The molecule has 3 heteroatoms. The third kappa shape index (κ3) is 3.38. The summed E-state index contributed by atoms with van der Waals surface area (Å²) in [6.45, 7) is 4.13. The van der Waals surface area contributed by atoms with Gasteiger partial charge in [-0.05, 0) is 48.7 Å². The van der Waals surface area contributed by atoms with E-state index in [4.69, 9.17) is 11.1 Å². The highest BCUT2D eigenvalue weighted by Gasteiger charge is 2.04. The Bertz CT molecular complexity index is 605. The summed E-state index contributed by atoms with van der Waals surface area (Å²) in [5.74, 6) is 1.10. The van der Waals surface area contributed by atoms with Gasteiger partial charge >= 0.3 is 0 Å². The molecule has 19 heavy (non-hydrogen) atoms. The highest BCUT2D eigenvalue weighted by molar-refractivity contribution is 7.98. The van der Waals surface area contributed by atoms with Crippen LogP contribution in [0.2, 0.25) is 0 Å². The lowest BCUT2D eigenvalue weighted by Crippen LogP contribution is -2.12. The van der Waals surface area contributed by atoms with Crippen molar-refractivity contribution in [1.82, 2.24) is 0 Å². The molecule has 2 rings (SSSR count). The summed E-state index contributed by atoms with van der Waals surface area (Å²) in [6, 6.07) is 14.5. The summed E-state index contributed by atoms with van der Waals surface area (Å²) in [7, 11) is 0. The lowest BCUT2D eigenvalue weighted by Gasteiger charge is -2.08. The second-order valence-corrected chi connectivity index (χ2v) is 5.65. The van der Waals surface area contributed by atoms with Crippen LogP contribution in [0.4, 0.5) is 0 Å². The highest BCUT2D eigenvalue weighted by atomic mass is 32.2. The van der Waals surface area contributed by atoms with Gasteiger partial charge in [0.1, 0.15) is 5.84 Å². The van der Waals surface area contributed by atoms with Gasteiger partial charge in [-0.2, -0.15) is 0 Å². The Morgan fingerprint density at radius 3 is 2.47 bits per heavy atom. The Morgan fingerprint density at radius 1 is 1.11 bits per heavy atom. The number of nitrogens with two attached hydrogens (primary N) is 1. The molecule has 2 aromatic rings. The normalized spacial score (nSPS) is 10.4. The van der Waals surface area contributed by atoms with Crippen LogP contribution in [-0.4, -0.2) is 5.84 Å². The molecular weight excluding hydrogens is 252 g/mol. The molecule has 0 bridgehead atoms. The zero-order chi connectivity index (χ0) is 13.8. The van der Waals surface area contributed by atoms with Crippen molar-refractivity contribution in [2.75, 3.05) is 0 Å². The molecule has 98 valence electrons. The summed E-state index contributed by atoms with van der Waals surface area (Å²) in [6.07, 6.45) is 0. The molecule has 0 fully saturated rings. The van der Waals surface area contributed by atoms with Gasteiger partial charge in [0, 0.05) is 16.2 Å². The summed E-state index contributed by atoms with van der Waals surface area (Å²) < 4.78 is 0. The molecule has 0 radical (unpaired) electrons. The second kappa shape index (κ2) is 5.93. The van der Waals surface area contributed by atoms with Crippen LogP contribution in [0.15, 0.2) is 47.4 Å². The van der Waals surface area contributed by atoms with Gasteiger partial charge < -0.3 is 5.73 Å². The van der Waals surface area contributed by atoms with E-state index in [0.717, 1.165) is 16.9 Å². The molecule has 3 N–H and O–H groups in total. The largest absolute Gasteiger partial charge is 0.384 e. The molecule has 0 heterocycles. The van der Waals surface area contributed by atoms with Gasteiger partial charge in [-0.25, -0.2) is 0 Å². The van der Waals surface area contributed by atoms with E-state index in [1.165, 1.54) is 16.0 Å². The van der Waals surface area contributed by atoms with Crippen molar-refractivity contribution >= 4 is 17.6 Å². The number of aryl methyl sites for hydroxylation is 2. The van der Waals surface area contributed by atoms with Crippen molar-refractivity contribution in [3.05, 3.63) is 64.7 Å². The highest BCUT2D eigenvalue weighted by Crippen LogP contribution is 2.26. The van der Waals surface area contributed by atoms with E-state index in [2.05, 4.69) is 37.3 Å². The molecule has 0 aliphatic heterocycles. The van der Waals surface area contributed by atoms with Crippen LogP contribution in [0.25, 0.3) is 0 Å². The van der Waals surface area contributed by atoms with Gasteiger partial charge in [0.25, 0.3) is 0 Å². The fraction of sp³-hybridized carbons (Fsp3) is 0.188. The molecule has 0 spiro atoms. The first-order valence-electron chi connectivity index (χ1n) is 6.20. The topological polar surface area (TPSA) is 49.9 Å². The van der Waals surface area contributed by atoms with Gasteiger partial charge in [-0.15, -0.1) is 11.8 Å². The molecule has 0 aromatic heterocycles. The maximum Gasteiger partial charge on any atom is 0.123 e. The first-order chi connectivity index (χ1) is 9.08. The van der Waals surface area contributed by atoms with Crippen molar-refractivity contribution in [2.45, 2.75) is 24.5 Å². The first-order valence-corrected chi connectivity index (χ1v) is 7.19. The minimum atomic E-state index is 0.132. The molecule has 0 saturated carbocycles. The summed E-state index contributed by atoms with van der Waals surface area (Å²) >= 11 is 1.81. The van der Waals surface area contributed by atoms with Crippen molar-refractivity contribution in [2.24, 2.45) is 5.73 Å². The van der Waals surface area contributed by atoms with E-state index in [0.29, 0.717) is 0 Å². The summed E-state index contributed by atoms with van der Waals surface area (Å²) in [5.41, 5.74) is 10.1. The van der Waals surface area contributed by atoms with E-state index >= 15 is 0 Å². The van der Waals surface area contributed by atoms with Crippen LogP contribution in [0.1, 0.15) is 22.3 Å². The fourth-order valence-corrected chi connectivity index (χ4v) is 3.03.